The molecule has 3 heteroatoms. The number of nitrogens with one attached hydrogen (secondary N) is 1. The fourth-order valence-electron chi connectivity index (χ4n) is 1.85. The van der Waals surface area contributed by atoms with Gasteiger partial charge in [0.15, 0.2) is 0 Å². The van der Waals surface area contributed by atoms with Crippen LogP contribution < -0.4 is 5.32 Å². The van der Waals surface area contributed by atoms with Gasteiger partial charge in [0.2, 0.25) is 0 Å². The minimum atomic E-state index is 0.459. The Balaban J connectivity index is 2.23. The Labute approximate surface area is 128 Å². The standard InChI is InChI=1S/C16H17BrClN/c1-11(2)19-10-14-7-6-13(9-16(14)18)12-4-3-5-15(17)8-12/h3-9,11,19H,10H2,1-2H3. The summed E-state index contributed by atoms with van der Waals surface area (Å²) in [5.74, 6) is 0. The molecule has 2 aromatic carbocycles. The Bertz CT molecular complexity index is 566. The molecule has 0 heterocycles. The third-order valence-electron chi connectivity index (χ3n) is 2.91. The first-order chi connectivity index (χ1) is 9.06. The maximum absolute atomic E-state index is 6.35. The molecule has 0 saturated heterocycles. The van der Waals surface area contributed by atoms with E-state index in [-0.39, 0.29) is 0 Å². The van der Waals surface area contributed by atoms with Crippen LogP contribution in [0, 0.1) is 0 Å². The summed E-state index contributed by atoms with van der Waals surface area (Å²) in [5, 5.41) is 4.19. The maximum Gasteiger partial charge on any atom is 0.0457 e. The van der Waals surface area contributed by atoms with Crippen LogP contribution in [0.25, 0.3) is 11.1 Å². The Morgan fingerprint density at radius 3 is 2.47 bits per heavy atom. The Morgan fingerprint density at radius 1 is 1.11 bits per heavy atom. The Kier molecular flexibility index (Phi) is 5.03. The van der Waals surface area contributed by atoms with E-state index in [1.807, 2.05) is 18.2 Å². The third-order valence-corrected chi connectivity index (χ3v) is 3.76. The first kappa shape index (κ1) is 14.6. The lowest BCUT2D eigenvalue weighted by Crippen LogP contribution is -2.21. The van der Waals surface area contributed by atoms with Crippen LogP contribution >= 0.6 is 27.5 Å². The van der Waals surface area contributed by atoms with Crippen molar-refractivity contribution in [2.75, 3.05) is 0 Å². The van der Waals surface area contributed by atoms with Gasteiger partial charge in [-0.25, -0.2) is 0 Å². The van der Waals surface area contributed by atoms with Crippen molar-refractivity contribution in [3.8, 4) is 11.1 Å². The van der Waals surface area contributed by atoms with Crippen molar-refractivity contribution in [3.05, 3.63) is 57.5 Å². The summed E-state index contributed by atoms with van der Waals surface area (Å²) in [7, 11) is 0. The molecule has 0 unspecified atom stereocenters. The van der Waals surface area contributed by atoms with Gasteiger partial charge in [0.05, 0.1) is 0 Å². The molecular formula is C16H17BrClN. The summed E-state index contributed by atoms with van der Waals surface area (Å²) < 4.78 is 1.08. The van der Waals surface area contributed by atoms with E-state index in [1.54, 1.807) is 0 Å². The Morgan fingerprint density at radius 2 is 1.84 bits per heavy atom. The summed E-state index contributed by atoms with van der Waals surface area (Å²) >= 11 is 9.84. The quantitative estimate of drug-likeness (QED) is 0.801. The molecule has 0 amide bonds. The highest BCUT2D eigenvalue weighted by molar-refractivity contribution is 9.10. The van der Waals surface area contributed by atoms with Gasteiger partial charge in [-0.15, -0.1) is 0 Å². The van der Waals surface area contributed by atoms with Crippen molar-refractivity contribution in [3.63, 3.8) is 0 Å². The van der Waals surface area contributed by atoms with Crippen LogP contribution in [0.4, 0.5) is 0 Å². The van der Waals surface area contributed by atoms with Gasteiger partial charge in [-0.1, -0.05) is 65.6 Å². The van der Waals surface area contributed by atoms with Crippen molar-refractivity contribution < 1.29 is 0 Å². The molecule has 0 aromatic heterocycles. The smallest absolute Gasteiger partial charge is 0.0457 e. The van der Waals surface area contributed by atoms with E-state index in [9.17, 15) is 0 Å². The monoisotopic (exact) mass is 337 g/mol. The second-order valence-electron chi connectivity index (χ2n) is 4.85. The van der Waals surface area contributed by atoms with Gasteiger partial charge >= 0.3 is 0 Å². The molecule has 0 saturated carbocycles. The average molecular weight is 339 g/mol. The molecule has 1 N–H and O–H groups in total. The number of benzene rings is 2. The molecule has 0 aliphatic rings. The van der Waals surface area contributed by atoms with Crippen LogP contribution in [0.5, 0.6) is 0 Å². The molecule has 2 rings (SSSR count). The molecule has 19 heavy (non-hydrogen) atoms. The molecule has 0 aliphatic heterocycles. The topological polar surface area (TPSA) is 12.0 Å². The summed E-state index contributed by atoms with van der Waals surface area (Å²) in [6, 6.07) is 14.9. The molecule has 0 bridgehead atoms. The molecule has 1 nitrogen and oxygen atoms in total. The molecule has 0 fully saturated rings. The second kappa shape index (κ2) is 6.56. The third kappa shape index (κ3) is 4.07. The first-order valence-corrected chi connectivity index (χ1v) is 7.51. The van der Waals surface area contributed by atoms with E-state index in [2.05, 4.69) is 59.4 Å². The van der Waals surface area contributed by atoms with E-state index in [1.165, 1.54) is 5.56 Å². The highest BCUT2D eigenvalue weighted by atomic mass is 79.9. The van der Waals surface area contributed by atoms with E-state index >= 15 is 0 Å². The highest BCUT2D eigenvalue weighted by Gasteiger charge is 2.05. The van der Waals surface area contributed by atoms with Gasteiger partial charge in [0.1, 0.15) is 0 Å². The number of rotatable bonds is 4. The lowest BCUT2D eigenvalue weighted by molar-refractivity contribution is 0.589. The van der Waals surface area contributed by atoms with Crippen LogP contribution in [0.1, 0.15) is 19.4 Å². The largest absolute Gasteiger partial charge is 0.310 e. The lowest BCUT2D eigenvalue weighted by atomic mass is 10.0. The second-order valence-corrected chi connectivity index (χ2v) is 6.18. The molecular weight excluding hydrogens is 322 g/mol. The summed E-state index contributed by atoms with van der Waals surface area (Å²) in [6.07, 6.45) is 0. The minimum Gasteiger partial charge on any atom is -0.310 e. The van der Waals surface area contributed by atoms with Crippen LogP contribution in [0.2, 0.25) is 5.02 Å². The average Bonchev–Trinajstić information content (AvgIpc) is 2.37. The lowest BCUT2D eigenvalue weighted by Gasteiger charge is -2.11. The van der Waals surface area contributed by atoms with Crippen molar-refractivity contribution in [2.45, 2.75) is 26.4 Å². The fourth-order valence-corrected chi connectivity index (χ4v) is 2.50. The first-order valence-electron chi connectivity index (χ1n) is 6.34. The zero-order valence-corrected chi connectivity index (χ0v) is 13.4. The predicted molar refractivity (Wildman–Crippen MR) is 86.6 cm³/mol. The summed E-state index contributed by atoms with van der Waals surface area (Å²) in [6.45, 7) is 5.06. The summed E-state index contributed by atoms with van der Waals surface area (Å²) in [5.41, 5.74) is 3.44. The SMILES string of the molecule is CC(C)NCc1ccc(-c2cccc(Br)c2)cc1Cl. The van der Waals surface area contributed by atoms with Crippen molar-refractivity contribution in [2.24, 2.45) is 0 Å². The Hall–Kier alpha value is -0.830. The van der Waals surface area contributed by atoms with E-state index in [0.717, 1.165) is 27.2 Å². The van der Waals surface area contributed by atoms with Gasteiger partial charge in [-0.05, 0) is 34.9 Å². The van der Waals surface area contributed by atoms with Gasteiger partial charge < -0.3 is 5.32 Å². The van der Waals surface area contributed by atoms with Gasteiger partial charge in [-0.2, -0.15) is 0 Å². The maximum atomic E-state index is 6.35. The number of halogens is 2. The normalized spacial score (nSPS) is 11.0. The van der Waals surface area contributed by atoms with Crippen LogP contribution in [-0.2, 0) is 6.54 Å². The number of hydrogen-bond donors (Lipinski definition) is 1. The molecule has 0 spiro atoms. The molecule has 100 valence electrons. The minimum absolute atomic E-state index is 0.459. The highest BCUT2D eigenvalue weighted by Crippen LogP contribution is 2.27. The van der Waals surface area contributed by atoms with E-state index in [4.69, 9.17) is 11.6 Å². The van der Waals surface area contributed by atoms with E-state index < -0.39 is 0 Å². The molecule has 0 radical (unpaired) electrons. The van der Waals surface area contributed by atoms with E-state index in [0.29, 0.717) is 6.04 Å². The molecule has 2 aromatic rings. The predicted octanol–water partition coefficient (Wildman–Crippen LogP) is 5.27. The zero-order chi connectivity index (χ0) is 13.8. The fraction of sp³-hybridized carbons (Fsp3) is 0.250. The number of hydrogen-bond acceptors (Lipinski definition) is 1. The van der Waals surface area contributed by atoms with Crippen LogP contribution in [-0.4, -0.2) is 6.04 Å². The van der Waals surface area contributed by atoms with Crippen molar-refractivity contribution in [1.29, 1.82) is 0 Å². The molecule has 0 atom stereocenters. The van der Waals surface area contributed by atoms with Crippen LogP contribution in [0.15, 0.2) is 46.9 Å². The zero-order valence-electron chi connectivity index (χ0n) is 11.1. The van der Waals surface area contributed by atoms with Gasteiger partial charge in [0.25, 0.3) is 0 Å². The van der Waals surface area contributed by atoms with Crippen molar-refractivity contribution in [1.82, 2.24) is 5.32 Å². The van der Waals surface area contributed by atoms with Gasteiger partial charge in [-0.3, -0.25) is 0 Å². The summed E-state index contributed by atoms with van der Waals surface area (Å²) in [4.78, 5) is 0. The van der Waals surface area contributed by atoms with Crippen LogP contribution in [0.3, 0.4) is 0 Å². The molecule has 0 aliphatic carbocycles. The van der Waals surface area contributed by atoms with Crippen molar-refractivity contribution >= 4 is 27.5 Å². The van der Waals surface area contributed by atoms with Gasteiger partial charge in [0, 0.05) is 22.1 Å².